The molecule has 2 aromatic carbocycles. The maximum atomic E-state index is 14.8. The largest absolute Gasteiger partial charge is 0.485 e. The summed E-state index contributed by atoms with van der Waals surface area (Å²) in [6, 6.07) is 4.88. The van der Waals surface area contributed by atoms with Crippen LogP contribution in [0.4, 0.5) is 13.2 Å². The molecule has 0 aromatic heterocycles. The third-order valence-corrected chi connectivity index (χ3v) is 5.68. The molecule has 2 aromatic rings. The average Bonchev–Trinajstić information content (AvgIpc) is 2.78. The van der Waals surface area contributed by atoms with Gasteiger partial charge < -0.3 is 18.9 Å². The van der Waals surface area contributed by atoms with Crippen molar-refractivity contribution >= 4 is 0 Å². The van der Waals surface area contributed by atoms with Crippen molar-refractivity contribution in [2.75, 3.05) is 19.8 Å². The van der Waals surface area contributed by atoms with E-state index < -0.39 is 23.7 Å². The fourth-order valence-corrected chi connectivity index (χ4v) is 4.05. The van der Waals surface area contributed by atoms with Crippen molar-refractivity contribution in [3.05, 3.63) is 52.3 Å². The Balaban J connectivity index is 1.49. The quantitative estimate of drug-likeness (QED) is 0.461. The second-order valence-corrected chi connectivity index (χ2v) is 8.11. The SMILES string of the molecule is CCCc1ccc2c(c1F)Oc1c(cc(OCC3OCC(CCC)CO3)c(F)c1F)C2. The Hall–Kier alpha value is -2.25. The molecule has 0 amide bonds. The van der Waals surface area contributed by atoms with Crippen LogP contribution in [0.2, 0.25) is 0 Å². The Bertz CT molecular complexity index is 939. The van der Waals surface area contributed by atoms with Crippen molar-refractivity contribution in [1.29, 1.82) is 0 Å². The van der Waals surface area contributed by atoms with Crippen LogP contribution in [0, 0.1) is 23.4 Å². The minimum absolute atomic E-state index is 0.0314. The van der Waals surface area contributed by atoms with Gasteiger partial charge in [-0.1, -0.05) is 38.8 Å². The van der Waals surface area contributed by atoms with Gasteiger partial charge in [0.25, 0.3) is 0 Å². The Morgan fingerprint density at radius 1 is 0.935 bits per heavy atom. The molecule has 0 aliphatic carbocycles. The molecule has 2 aliphatic heterocycles. The highest BCUT2D eigenvalue weighted by molar-refractivity contribution is 5.54. The minimum Gasteiger partial charge on any atom is -0.485 e. The predicted molar refractivity (Wildman–Crippen MR) is 109 cm³/mol. The zero-order valence-electron chi connectivity index (χ0n) is 17.8. The Morgan fingerprint density at radius 2 is 1.68 bits per heavy atom. The first-order valence-corrected chi connectivity index (χ1v) is 10.9. The van der Waals surface area contributed by atoms with Gasteiger partial charge in [-0.15, -0.1) is 0 Å². The van der Waals surface area contributed by atoms with Crippen molar-refractivity contribution in [3.8, 4) is 17.2 Å². The molecule has 0 radical (unpaired) electrons. The van der Waals surface area contributed by atoms with E-state index in [9.17, 15) is 13.2 Å². The molecule has 0 N–H and O–H groups in total. The summed E-state index contributed by atoms with van der Waals surface area (Å²) in [5.41, 5.74) is 1.49. The molecule has 0 bridgehead atoms. The summed E-state index contributed by atoms with van der Waals surface area (Å²) < 4.78 is 66.3. The van der Waals surface area contributed by atoms with Gasteiger partial charge in [0.15, 0.2) is 29.4 Å². The van der Waals surface area contributed by atoms with Crippen LogP contribution < -0.4 is 9.47 Å². The number of fused-ring (bicyclic) bond motifs is 2. The lowest BCUT2D eigenvalue weighted by Crippen LogP contribution is -2.35. The van der Waals surface area contributed by atoms with E-state index in [1.807, 2.05) is 6.92 Å². The smallest absolute Gasteiger partial charge is 0.205 e. The molecule has 4 rings (SSSR count). The summed E-state index contributed by atoms with van der Waals surface area (Å²) in [5, 5.41) is 0. The molecule has 1 saturated heterocycles. The molecule has 1 fully saturated rings. The molecule has 168 valence electrons. The highest BCUT2D eigenvalue weighted by Gasteiger charge is 2.29. The normalized spacial score (nSPS) is 20.0. The van der Waals surface area contributed by atoms with Crippen LogP contribution in [-0.2, 0) is 22.3 Å². The summed E-state index contributed by atoms with van der Waals surface area (Å²) in [5.74, 6) is -3.10. The molecule has 31 heavy (non-hydrogen) atoms. The van der Waals surface area contributed by atoms with Crippen LogP contribution in [0.25, 0.3) is 0 Å². The highest BCUT2D eigenvalue weighted by Crippen LogP contribution is 2.43. The molecule has 0 spiro atoms. The molecule has 2 heterocycles. The Labute approximate surface area is 180 Å². The lowest BCUT2D eigenvalue weighted by Gasteiger charge is -2.29. The first-order valence-electron chi connectivity index (χ1n) is 10.9. The number of ether oxygens (including phenoxy) is 4. The van der Waals surface area contributed by atoms with E-state index in [0.717, 1.165) is 19.3 Å². The van der Waals surface area contributed by atoms with Gasteiger partial charge in [0, 0.05) is 23.5 Å². The van der Waals surface area contributed by atoms with Crippen LogP contribution in [0.1, 0.15) is 49.8 Å². The number of hydrogen-bond acceptors (Lipinski definition) is 4. The van der Waals surface area contributed by atoms with E-state index in [4.69, 9.17) is 18.9 Å². The zero-order valence-corrected chi connectivity index (χ0v) is 17.8. The molecular weight excluding hydrogens is 409 g/mol. The summed E-state index contributed by atoms with van der Waals surface area (Å²) >= 11 is 0. The van der Waals surface area contributed by atoms with Crippen molar-refractivity contribution in [2.45, 2.75) is 52.2 Å². The monoisotopic (exact) mass is 436 g/mol. The van der Waals surface area contributed by atoms with Gasteiger partial charge in [-0.25, -0.2) is 4.39 Å². The lowest BCUT2D eigenvalue weighted by atomic mass is 9.97. The summed E-state index contributed by atoms with van der Waals surface area (Å²) in [6.45, 7) is 5.10. The van der Waals surface area contributed by atoms with Crippen molar-refractivity contribution in [2.24, 2.45) is 5.92 Å². The topological polar surface area (TPSA) is 36.9 Å². The number of aryl methyl sites for hydroxylation is 1. The average molecular weight is 436 g/mol. The molecule has 0 saturated carbocycles. The molecule has 7 heteroatoms. The van der Waals surface area contributed by atoms with E-state index in [0.29, 0.717) is 42.2 Å². The number of halogens is 3. The molecule has 0 atom stereocenters. The third-order valence-electron chi connectivity index (χ3n) is 5.68. The summed E-state index contributed by atoms with van der Waals surface area (Å²) in [4.78, 5) is 0. The van der Waals surface area contributed by atoms with Gasteiger partial charge in [0.1, 0.15) is 6.61 Å². The van der Waals surface area contributed by atoms with Gasteiger partial charge in [-0.05, 0) is 24.5 Å². The Morgan fingerprint density at radius 3 is 2.39 bits per heavy atom. The standard InChI is InChI=1S/C24H27F3O4/c1-3-5-14-11-29-19(30-12-14)13-28-18-10-17-9-16-8-7-15(6-4-2)20(25)23(16)31-24(17)22(27)21(18)26/h7-8,10,14,19H,3-6,9,11-13H2,1-2H3. The maximum absolute atomic E-state index is 14.8. The molecular formula is C24H27F3O4. The zero-order chi connectivity index (χ0) is 22.0. The first kappa shape index (κ1) is 22.0. The van der Waals surface area contributed by atoms with Crippen LogP contribution in [-0.4, -0.2) is 26.1 Å². The van der Waals surface area contributed by atoms with Crippen LogP contribution in [0.3, 0.4) is 0 Å². The molecule has 4 nitrogen and oxygen atoms in total. The van der Waals surface area contributed by atoms with Crippen LogP contribution >= 0.6 is 0 Å². The number of benzene rings is 2. The lowest BCUT2D eigenvalue weighted by molar-refractivity contribution is -0.212. The Kier molecular flexibility index (Phi) is 6.72. The predicted octanol–water partition coefficient (Wildman–Crippen LogP) is 5.92. The first-order chi connectivity index (χ1) is 15.0. The number of rotatable bonds is 7. The number of hydrogen-bond donors (Lipinski definition) is 0. The minimum atomic E-state index is -1.19. The highest BCUT2D eigenvalue weighted by atomic mass is 19.2. The van der Waals surface area contributed by atoms with E-state index in [1.54, 1.807) is 12.1 Å². The van der Waals surface area contributed by atoms with Gasteiger partial charge in [-0.2, -0.15) is 8.78 Å². The second kappa shape index (κ2) is 9.49. The third kappa shape index (κ3) is 4.53. The van der Waals surface area contributed by atoms with Crippen molar-refractivity contribution in [1.82, 2.24) is 0 Å². The molecule has 0 unspecified atom stereocenters. The van der Waals surface area contributed by atoms with E-state index >= 15 is 0 Å². The van der Waals surface area contributed by atoms with E-state index in [2.05, 4.69) is 6.92 Å². The summed E-state index contributed by atoms with van der Waals surface area (Å²) in [7, 11) is 0. The maximum Gasteiger partial charge on any atom is 0.205 e. The molecule has 2 aliphatic rings. The van der Waals surface area contributed by atoms with Gasteiger partial charge in [-0.3, -0.25) is 0 Å². The fraction of sp³-hybridized carbons (Fsp3) is 0.500. The van der Waals surface area contributed by atoms with E-state index in [1.165, 1.54) is 6.07 Å². The van der Waals surface area contributed by atoms with Crippen molar-refractivity contribution < 1.29 is 32.1 Å². The van der Waals surface area contributed by atoms with E-state index in [-0.39, 0.29) is 30.3 Å². The van der Waals surface area contributed by atoms with Crippen LogP contribution in [0.15, 0.2) is 18.2 Å². The van der Waals surface area contributed by atoms with Gasteiger partial charge in [0.2, 0.25) is 11.6 Å². The van der Waals surface area contributed by atoms with Crippen LogP contribution in [0.5, 0.6) is 17.2 Å². The van der Waals surface area contributed by atoms with Gasteiger partial charge in [0.05, 0.1) is 13.2 Å². The van der Waals surface area contributed by atoms with Crippen molar-refractivity contribution in [3.63, 3.8) is 0 Å². The van der Waals surface area contributed by atoms with Gasteiger partial charge >= 0.3 is 0 Å². The summed E-state index contributed by atoms with van der Waals surface area (Å²) in [6.07, 6.45) is 2.96. The fourth-order valence-electron chi connectivity index (χ4n) is 4.05. The second-order valence-electron chi connectivity index (χ2n) is 8.11.